The summed E-state index contributed by atoms with van der Waals surface area (Å²) < 4.78 is 9.97. The molecule has 4 N–H and O–H groups in total. The highest BCUT2D eigenvalue weighted by Crippen LogP contribution is 2.15. The number of H-pyrrole nitrogens is 2. The summed E-state index contributed by atoms with van der Waals surface area (Å²) in [7, 11) is 0. The van der Waals surface area contributed by atoms with E-state index >= 15 is 0 Å². The molecule has 0 saturated heterocycles. The summed E-state index contributed by atoms with van der Waals surface area (Å²) in [6.45, 7) is 1.44. The molecule has 0 spiro atoms. The number of benzene rings is 2. The van der Waals surface area contributed by atoms with Gasteiger partial charge in [-0.15, -0.1) is 0 Å². The molecule has 2 aromatic carbocycles. The van der Waals surface area contributed by atoms with E-state index in [2.05, 4.69) is 30.6 Å². The van der Waals surface area contributed by atoms with Crippen molar-refractivity contribution in [1.29, 1.82) is 0 Å². The van der Waals surface area contributed by atoms with Gasteiger partial charge in [-0.3, -0.25) is 0 Å². The summed E-state index contributed by atoms with van der Waals surface area (Å²) in [5.74, 6) is -2.42. The summed E-state index contributed by atoms with van der Waals surface area (Å²) in [4.78, 5) is 38.0. The normalized spacial score (nSPS) is 10.7. The number of aryl methyl sites for hydroxylation is 2. The molecule has 10 nitrogen and oxygen atoms in total. The quantitative estimate of drug-likeness (QED) is 0.108. The molecule has 0 atom stereocenters. The number of nitrogens with zero attached hydrogens (tertiary/aromatic N) is 2. The Balaban J connectivity index is 1.13. The molecule has 38 heavy (non-hydrogen) atoms. The number of esters is 2. The number of carbonyl (C=O) groups is 2. The third kappa shape index (κ3) is 8.53. The fourth-order valence-electron chi connectivity index (χ4n) is 3.44. The molecule has 2 heterocycles. The van der Waals surface area contributed by atoms with Gasteiger partial charge in [-0.25, -0.2) is 19.6 Å². The van der Waals surface area contributed by atoms with Crippen molar-refractivity contribution in [1.82, 2.24) is 19.9 Å². The minimum Gasteiger partial charge on any atom is -0.385 e. The van der Waals surface area contributed by atoms with Gasteiger partial charge in [0.05, 0.1) is 11.4 Å². The zero-order chi connectivity index (χ0) is 26.7. The van der Waals surface area contributed by atoms with Crippen LogP contribution in [0.1, 0.15) is 24.2 Å². The van der Waals surface area contributed by atoms with Crippen LogP contribution in [0, 0.1) is 0 Å². The maximum atomic E-state index is 12.1. The van der Waals surface area contributed by atoms with E-state index in [1.165, 1.54) is 0 Å². The maximum absolute atomic E-state index is 12.1. The fraction of sp³-hybridized carbons (Fsp3) is 0.231. The SMILES string of the molecule is O=C(Oc1nc(CCCNc2ccc(Cl)cc2)c[nH]1)C(=O)Oc1nc(CCCNc2ccc(Cl)cc2)c[nH]1. The van der Waals surface area contributed by atoms with E-state index in [1.54, 1.807) is 12.4 Å². The Bertz CT molecular complexity index is 1230. The molecule has 0 bridgehead atoms. The number of halogens is 2. The lowest BCUT2D eigenvalue weighted by atomic mass is 10.2. The number of hydrogen-bond acceptors (Lipinski definition) is 8. The van der Waals surface area contributed by atoms with Gasteiger partial charge in [0.15, 0.2) is 0 Å². The molecule has 2 aromatic heterocycles. The first-order chi connectivity index (χ1) is 18.4. The van der Waals surface area contributed by atoms with Crippen LogP contribution in [0.3, 0.4) is 0 Å². The summed E-state index contributed by atoms with van der Waals surface area (Å²) in [5.41, 5.74) is 3.33. The zero-order valence-corrected chi connectivity index (χ0v) is 21.8. The number of nitrogens with one attached hydrogen (secondary N) is 4. The van der Waals surface area contributed by atoms with Gasteiger partial charge >= 0.3 is 24.0 Å². The third-order valence-corrected chi connectivity index (χ3v) is 5.83. The minimum atomic E-state index is -1.21. The average molecular weight is 557 g/mol. The van der Waals surface area contributed by atoms with Gasteiger partial charge in [0.1, 0.15) is 0 Å². The zero-order valence-electron chi connectivity index (χ0n) is 20.3. The van der Waals surface area contributed by atoms with E-state index in [9.17, 15) is 9.59 Å². The summed E-state index contributed by atoms with van der Waals surface area (Å²) in [5, 5.41) is 7.93. The van der Waals surface area contributed by atoms with Crippen molar-refractivity contribution >= 4 is 46.5 Å². The fourth-order valence-corrected chi connectivity index (χ4v) is 3.69. The Morgan fingerprint density at radius 2 is 1.08 bits per heavy atom. The largest absolute Gasteiger partial charge is 0.425 e. The number of hydrogen-bond donors (Lipinski definition) is 4. The van der Waals surface area contributed by atoms with Crippen LogP contribution in [0.4, 0.5) is 11.4 Å². The van der Waals surface area contributed by atoms with Gasteiger partial charge in [-0.1, -0.05) is 23.2 Å². The average Bonchev–Trinajstić information content (AvgIpc) is 3.55. The molecule has 12 heteroatoms. The van der Waals surface area contributed by atoms with Crippen molar-refractivity contribution in [3.63, 3.8) is 0 Å². The lowest BCUT2D eigenvalue weighted by Gasteiger charge is -2.05. The Hall–Kier alpha value is -4.02. The van der Waals surface area contributed by atoms with Gasteiger partial charge in [0.2, 0.25) is 0 Å². The van der Waals surface area contributed by atoms with E-state index in [4.69, 9.17) is 32.7 Å². The topological polar surface area (TPSA) is 134 Å². The first kappa shape index (κ1) is 27.0. The molecule has 0 radical (unpaired) electrons. The number of ether oxygens (including phenoxy) is 2. The highest BCUT2D eigenvalue weighted by molar-refractivity contribution is 6.31. The van der Waals surface area contributed by atoms with Gasteiger partial charge in [-0.05, 0) is 74.2 Å². The first-order valence-electron chi connectivity index (χ1n) is 12.0. The van der Waals surface area contributed by atoms with Gasteiger partial charge in [0, 0.05) is 46.9 Å². The smallest absolute Gasteiger partial charge is 0.385 e. The number of anilines is 2. The number of imidazole rings is 2. The van der Waals surface area contributed by atoms with Gasteiger partial charge in [-0.2, -0.15) is 0 Å². The Labute approximate surface area is 229 Å². The van der Waals surface area contributed by atoms with Crippen molar-refractivity contribution in [2.45, 2.75) is 25.7 Å². The maximum Gasteiger partial charge on any atom is 0.425 e. The standard InChI is InChI=1S/C26H26Cl2N6O4/c27-17-5-9-19(10-6-17)29-13-1-3-21-15-31-25(33-21)37-23(35)24(36)38-26-32-16-22(34-26)4-2-14-30-20-11-7-18(28)8-12-20/h5-12,15-16,29-30H,1-4,13-14H2,(H,31,33)(H,32,34). The molecule has 0 unspecified atom stereocenters. The molecular formula is C26H26Cl2N6O4. The van der Waals surface area contributed by atoms with Crippen LogP contribution in [-0.2, 0) is 22.4 Å². The van der Waals surface area contributed by atoms with Crippen LogP contribution in [0.15, 0.2) is 60.9 Å². The minimum absolute atomic E-state index is 0.0825. The van der Waals surface area contributed by atoms with E-state index in [0.29, 0.717) is 34.3 Å². The predicted octanol–water partition coefficient (Wildman–Crippen LogP) is 5.04. The Kier molecular flexibility index (Phi) is 9.60. The molecule has 198 valence electrons. The molecule has 0 aliphatic heterocycles. The second kappa shape index (κ2) is 13.5. The van der Waals surface area contributed by atoms with Crippen LogP contribution in [-0.4, -0.2) is 45.0 Å². The van der Waals surface area contributed by atoms with Crippen molar-refractivity contribution in [2.75, 3.05) is 23.7 Å². The predicted molar refractivity (Wildman–Crippen MR) is 145 cm³/mol. The van der Waals surface area contributed by atoms with E-state index in [-0.39, 0.29) is 12.0 Å². The van der Waals surface area contributed by atoms with Crippen LogP contribution < -0.4 is 20.1 Å². The number of rotatable bonds is 12. The number of aromatic nitrogens is 4. The molecule has 0 fully saturated rings. The van der Waals surface area contributed by atoms with Crippen LogP contribution in [0.5, 0.6) is 12.0 Å². The summed E-state index contributed by atoms with van der Waals surface area (Å²) in [6.07, 6.45) is 6.11. The first-order valence-corrected chi connectivity index (χ1v) is 12.7. The van der Waals surface area contributed by atoms with Crippen LogP contribution in [0.25, 0.3) is 0 Å². The van der Waals surface area contributed by atoms with Gasteiger partial charge in [0.25, 0.3) is 0 Å². The molecule has 0 saturated carbocycles. The van der Waals surface area contributed by atoms with E-state index < -0.39 is 11.9 Å². The van der Waals surface area contributed by atoms with Crippen molar-refractivity contribution in [3.8, 4) is 12.0 Å². The van der Waals surface area contributed by atoms with Crippen molar-refractivity contribution in [3.05, 3.63) is 82.4 Å². The molecule has 4 rings (SSSR count). The van der Waals surface area contributed by atoms with Crippen molar-refractivity contribution < 1.29 is 19.1 Å². The highest BCUT2D eigenvalue weighted by atomic mass is 35.5. The third-order valence-electron chi connectivity index (χ3n) is 5.33. The lowest BCUT2D eigenvalue weighted by molar-refractivity contribution is -0.156. The van der Waals surface area contributed by atoms with E-state index in [1.807, 2.05) is 48.5 Å². The van der Waals surface area contributed by atoms with Gasteiger partial charge < -0.3 is 30.1 Å². The van der Waals surface area contributed by atoms with Crippen LogP contribution >= 0.6 is 23.2 Å². The molecule has 0 aliphatic carbocycles. The second-order valence-electron chi connectivity index (χ2n) is 8.25. The van der Waals surface area contributed by atoms with Crippen molar-refractivity contribution in [2.24, 2.45) is 0 Å². The molecule has 0 aliphatic rings. The highest BCUT2D eigenvalue weighted by Gasteiger charge is 2.22. The number of carbonyl (C=O) groups excluding carboxylic acids is 2. The lowest BCUT2D eigenvalue weighted by Crippen LogP contribution is -2.26. The van der Waals surface area contributed by atoms with E-state index in [0.717, 1.165) is 37.3 Å². The summed E-state index contributed by atoms with van der Waals surface area (Å²) >= 11 is 11.8. The summed E-state index contributed by atoms with van der Waals surface area (Å²) in [6, 6.07) is 14.7. The Morgan fingerprint density at radius 3 is 1.47 bits per heavy atom. The Morgan fingerprint density at radius 1 is 0.684 bits per heavy atom. The van der Waals surface area contributed by atoms with Crippen LogP contribution in [0.2, 0.25) is 10.0 Å². The molecule has 0 amide bonds. The molecular weight excluding hydrogens is 531 g/mol. The number of aromatic amines is 2. The molecule has 4 aromatic rings. The second-order valence-corrected chi connectivity index (χ2v) is 9.12. The monoisotopic (exact) mass is 556 g/mol.